The van der Waals surface area contributed by atoms with E-state index in [-0.39, 0.29) is 17.7 Å². The maximum atomic E-state index is 11.4. The van der Waals surface area contributed by atoms with Crippen molar-refractivity contribution in [3.05, 3.63) is 0 Å². The number of ketones is 1. The molecule has 0 saturated carbocycles. The fourth-order valence-corrected chi connectivity index (χ4v) is 1.08. The van der Waals surface area contributed by atoms with Gasteiger partial charge in [0.2, 0.25) is 5.91 Å². The van der Waals surface area contributed by atoms with E-state index in [9.17, 15) is 9.59 Å². The highest BCUT2D eigenvalue weighted by molar-refractivity contribution is 5.83. The summed E-state index contributed by atoms with van der Waals surface area (Å²) in [6, 6.07) is 0.279. The standard InChI is InChI=1S/C10H20N2O2/c1-8(11-3)7-12(4)10(14)6-5-9(2)13/h8,11H,5-7H2,1-4H3/t8-/m1/s1. The monoisotopic (exact) mass is 200 g/mol. The molecule has 0 heterocycles. The highest BCUT2D eigenvalue weighted by atomic mass is 16.2. The Morgan fingerprint density at radius 3 is 2.36 bits per heavy atom. The molecule has 0 fully saturated rings. The van der Waals surface area contributed by atoms with Crippen LogP contribution in [0.4, 0.5) is 0 Å². The molecule has 1 amide bonds. The minimum Gasteiger partial charge on any atom is -0.344 e. The molecular formula is C10H20N2O2. The second-order valence-corrected chi connectivity index (χ2v) is 3.67. The third-order valence-electron chi connectivity index (χ3n) is 2.16. The van der Waals surface area contributed by atoms with Crippen molar-refractivity contribution in [2.24, 2.45) is 0 Å². The summed E-state index contributed by atoms with van der Waals surface area (Å²) in [5.74, 6) is 0.0933. The number of nitrogens with zero attached hydrogens (tertiary/aromatic N) is 1. The molecule has 14 heavy (non-hydrogen) atoms. The summed E-state index contributed by atoms with van der Waals surface area (Å²) in [4.78, 5) is 23.8. The minimum absolute atomic E-state index is 0.0299. The van der Waals surface area contributed by atoms with Gasteiger partial charge >= 0.3 is 0 Å². The average molecular weight is 200 g/mol. The summed E-state index contributed by atoms with van der Waals surface area (Å²) in [6.45, 7) is 4.19. The minimum atomic E-state index is 0.0299. The van der Waals surface area contributed by atoms with E-state index < -0.39 is 0 Å². The second-order valence-electron chi connectivity index (χ2n) is 3.67. The molecule has 4 heteroatoms. The smallest absolute Gasteiger partial charge is 0.222 e. The first-order chi connectivity index (χ1) is 6.47. The molecule has 0 aliphatic rings. The van der Waals surface area contributed by atoms with Gasteiger partial charge < -0.3 is 15.0 Å². The van der Waals surface area contributed by atoms with Crippen molar-refractivity contribution in [1.29, 1.82) is 0 Å². The van der Waals surface area contributed by atoms with Crippen LogP contribution in [-0.2, 0) is 9.59 Å². The Balaban J connectivity index is 3.81. The molecule has 0 aliphatic carbocycles. The number of Topliss-reactive ketones (excluding diaryl/α,β-unsaturated/α-hetero) is 1. The van der Waals surface area contributed by atoms with Gasteiger partial charge in [-0.05, 0) is 20.9 Å². The van der Waals surface area contributed by atoms with Crippen molar-refractivity contribution in [3.63, 3.8) is 0 Å². The van der Waals surface area contributed by atoms with E-state index in [2.05, 4.69) is 5.32 Å². The molecule has 0 saturated heterocycles. The lowest BCUT2D eigenvalue weighted by molar-refractivity contribution is -0.132. The van der Waals surface area contributed by atoms with Gasteiger partial charge in [0.25, 0.3) is 0 Å². The Labute approximate surface area is 85.7 Å². The zero-order valence-electron chi connectivity index (χ0n) is 9.46. The molecule has 82 valence electrons. The fourth-order valence-electron chi connectivity index (χ4n) is 1.08. The van der Waals surface area contributed by atoms with E-state index in [1.165, 1.54) is 6.92 Å². The summed E-state index contributed by atoms with van der Waals surface area (Å²) in [6.07, 6.45) is 0.666. The maximum Gasteiger partial charge on any atom is 0.222 e. The number of rotatable bonds is 6. The summed E-state index contributed by atoms with van der Waals surface area (Å²) in [7, 11) is 3.62. The van der Waals surface area contributed by atoms with Gasteiger partial charge in [0, 0.05) is 32.5 Å². The zero-order chi connectivity index (χ0) is 11.1. The van der Waals surface area contributed by atoms with E-state index in [4.69, 9.17) is 0 Å². The Kier molecular flexibility index (Phi) is 6.12. The zero-order valence-corrected chi connectivity index (χ0v) is 9.46. The van der Waals surface area contributed by atoms with Crippen molar-refractivity contribution in [1.82, 2.24) is 10.2 Å². The summed E-state index contributed by atoms with van der Waals surface area (Å²) < 4.78 is 0. The number of hydrogen-bond acceptors (Lipinski definition) is 3. The number of carbonyl (C=O) groups excluding carboxylic acids is 2. The van der Waals surface area contributed by atoms with Gasteiger partial charge in [0.15, 0.2) is 0 Å². The average Bonchev–Trinajstić information content (AvgIpc) is 2.13. The first-order valence-corrected chi connectivity index (χ1v) is 4.88. The first-order valence-electron chi connectivity index (χ1n) is 4.88. The van der Waals surface area contributed by atoms with E-state index in [1.807, 2.05) is 14.0 Å². The van der Waals surface area contributed by atoms with Crippen molar-refractivity contribution >= 4 is 11.7 Å². The van der Waals surface area contributed by atoms with Crippen LogP contribution in [0.5, 0.6) is 0 Å². The lowest BCUT2D eigenvalue weighted by Gasteiger charge is -2.21. The number of nitrogens with one attached hydrogen (secondary N) is 1. The molecule has 0 aromatic heterocycles. The normalized spacial score (nSPS) is 12.3. The van der Waals surface area contributed by atoms with E-state index in [0.29, 0.717) is 19.4 Å². The summed E-state index contributed by atoms with van der Waals surface area (Å²) >= 11 is 0. The van der Waals surface area contributed by atoms with Crippen molar-refractivity contribution in [2.75, 3.05) is 20.6 Å². The van der Waals surface area contributed by atoms with Gasteiger partial charge in [0.05, 0.1) is 0 Å². The van der Waals surface area contributed by atoms with Gasteiger partial charge in [-0.25, -0.2) is 0 Å². The molecule has 0 rings (SSSR count). The Hall–Kier alpha value is -0.900. The summed E-state index contributed by atoms with van der Waals surface area (Å²) in [5, 5.41) is 3.05. The highest BCUT2D eigenvalue weighted by Crippen LogP contribution is 1.97. The summed E-state index contributed by atoms with van der Waals surface area (Å²) in [5.41, 5.74) is 0. The van der Waals surface area contributed by atoms with Crippen LogP contribution in [0, 0.1) is 0 Å². The van der Waals surface area contributed by atoms with Crippen LogP contribution in [0.25, 0.3) is 0 Å². The molecule has 0 aromatic rings. The molecule has 0 spiro atoms. The predicted molar refractivity (Wildman–Crippen MR) is 56.1 cm³/mol. The SMILES string of the molecule is CN[C@H](C)CN(C)C(=O)CCC(C)=O. The molecule has 0 unspecified atom stereocenters. The van der Waals surface area contributed by atoms with Gasteiger partial charge in [-0.2, -0.15) is 0 Å². The molecule has 1 atom stereocenters. The lowest BCUT2D eigenvalue weighted by Crippen LogP contribution is -2.38. The largest absolute Gasteiger partial charge is 0.344 e. The third kappa shape index (κ3) is 5.70. The van der Waals surface area contributed by atoms with Gasteiger partial charge in [-0.1, -0.05) is 0 Å². The van der Waals surface area contributed by atoms with Crippen molar-refractivity contribution < 1.29 is 9.59 Å². The predicted octanol–water partition coefficient (Wildman–Crippen LogP) is 0.422. The molecule has 0 aromatic carbocycles. The van der Waals surface area contributed by atoms with Crippen LogP contribution in [-0.4, -0.2) is 43.3 Å². The molecule has 0 bridgehead atoms. The molecule has 0 radical (unpaired) electrons. The molecule has 0 aliphatic heterocycles. The number of carbonyl (C=O) groups is 2. The van der Waals surface area contributed by atoms with Crippen LogP contribution >= 0.6 is 0 Å². The first kappa shape index (κ1) is 13.1. The quantitative estimate of drug-likeness (QED) is 0.676. The Bertz CT molecular complexity index is 204. The highest BCUT2D eigenvalue weighted by Gasteiger charge is 2.11. The number of amides is 1. The van der Waals surface area contributed by atoms with Crippen LogP contribution < -0.4 is 5.32 Å². The van der Waals surface area contributed by atoms with E-state index >= 15 is 0 Å². The van der Waals surface area contributed by atoms with Crippen LogP contribution in [0.2, 0.25) is 0 Å². The topological polar surface area (TPSA) is 49.4 Å². The molecular weight excluding hydrogens is 180 g/mol. The van der Waals surface area contributed by atoms with Crippen LogP contribution in [0.1, 0.15) is 26.7 Å². The fraction of sp³-hybridized carbons (Fsp3) is 0.800. The molecule has 4 nitrogen and oxygen atoms in total. The second kappa shape index (κ2) is 6.54. The van der Waals surface area contributed by atoms with Crippen LogP contribution in [0.3, 0.4) is 0 Å². The van der Waals surface area contributed by atoms with Crippen LogP contribution in [0.15, 0.2) is 0 Å². The van der Waals surface area contributed by atoms with Crippen molar-refractivity contribution in [2.45, 2.75) is 32.7 Å². The van der Waals surface area contributed by atoms with Crippen molar-refractivity contribution in [3.8, 4) is 0 Å². The Morgan fingerprint density at radius 1 is 1.36 bits per heavy atom. The van der Waals surface area contributed by atoms with Gasteiger partial charge in [-0.3, -0.25) is 4.79 Å². The lowest BCUT2D eigenvalue weighted by atomic mass is 10.2. The number of hydrogen-bond donors (Lipinski definition) is 1. The number of likely N-dealkylation sites (N-methyl/N-ethyl adjacent to an activating group) is 2. The Morgan fingerprint density at radius 2 is 1.93 bits per heavy atom. The van der Waals surface area contributed by atoms with Gasteiger partial charge in [-0.15, -0.1) is 0 Å². The maximum absolute atomic E-state index is 11.4. The third-order valence-corrected chi connectivity index (χ3v) is 2.16. The van der Waals surface area contributed by atoms with Gasteiger partial charge in [0.1, 0.15) is 5.78 Å². The molecule has 1 N–H and O–H groups in total. The van der Waals surface area contributed by atoms with E-state index in [1.54, 1.807) is 11.9 Å². The van der Waals surface area contributed by atoms with E-state index in [0.717, 1.165) is 0 Å².